The summed E-state index contributed by atoms with van der Waals surface area (Å²) in [6.07, 6.45) is 0.962. The Bertz CT molecular complexity index is 1490. The number of benzene rings is 3. The van der Waals surface area contributed by atoms with Gasteiger partial charge in [-0.25, -0.2) is 0 Å². The zero-order valence-corrected chi connectivity index (χ0v) is 23.5. The van der Waals surface area contributed by atoms with Crippen LogP contribution in [0.1, 0.15) is 77.5 Å². The van der Waals surface area contributed by atoms with Gasteiger partial charge in [0, 0.05) is 22.7 Å². The van der Waals surface area contributed by atoms with Crippen LogP contribution in [0.3, 0.4) is 0 Å². The van der Waals surface area contributed by atoms with Crippen molar-refractivity contribution in [2.75, 3.05) is 5.32 Å². The maximum atomic E-state index is 12.1. The molecule has 0 bridgehead atoms. The van der Waals surface area contributed by atoms with E-state index in [4.69, 9.17) is 5.10 Å². The van der Waals surface area contributed by atoms with Crippen molar-refractivity contribution in [2.24, 2.45) is 5.41 Å². The van der Waals surface area contributed by atoms with E-state index in [9.17, 15) is 9.90 Å². The monoisotopic (exact) mass is 510 g/mol. The molecule has 1 atom stereocenters. The van der Waals surface area contributed by atoms with Crippen molar-refractivity contribution >= 4 is 22.6 Å². The lowest BCUT2D eigenvalue weighted by Crippen LogP contribution is -2.25. The van der Waals surface area contributed by atoms with E-state index in [2.05, 4.69) is 76.7 Å². The second-order valence-corrected chi connectivity index (χ2v) is 12.1. The topological polar surface area (TPSA) is 80.0 Å². The molecule has 0 saturated carbocycles. The molecule has 0 spiro atoms. The zero-order valence-electron chi connectivity index (χ0n) is 23.5. The van der Waals surface area contributed by atoms with E-state index in [1.807, 2.05) is 30.3 Å². The highest BCUT2D eigenvalue weighted by atomic mass is 16.3. The normalized spacial score (nSPS) is 12.9. The highest BCUT2D eigenvalue weighted by Gasteiger charge is 2.30. The van der Waals surface area contributed by atoms with Crippen LogP contribution < -0.4 is 5.32 Å². The highest BCUT2D eigenvalue weighted by molar-refractivity contribution is 6.03. The first-order valence-electron chi connectivity index (χ1n) is 13.0. The molecule has 1 aromatic heterocycles. The molecule has 0 fully saturated rings. The maximum absolute atomic E-state index is 12.1. The number of carbonyl (C=O) groups is 1. The van der Waals surface area contributed by atoms with Crippen molar-refractivity contribution in [1.82, 2.24) is 15.0 Å². The van der Waals surface area contributed by atoms with Crippen LogP contribution in [0.25, 0.3) is 16.7 Å². The van der Waals surface area contributed by atoms with E-state index < -0.39 is 0 Å². The molecule has 1 heterocycles. The average molecular weight is 511 g/mol. The third-order valence-electron chi connectivity index (χ3n) is 6.88. The van der Waals surface area contributed by atoms with E-state index in [1.165, 1.54) is 4.80 Å². The average Bonchev–Trinajstić information content (AvgIpc) is 3.25. The van der Waals surface area contributed by atoms with Gasteiger partial charge in [0.15, 0.2) is 0 Å². The Morgan fingerprint density at radius 1 is 1.00 bits per heavy atom. The lowest BCUT2D eigenvalue weighted by atomic mass is 9.71. The van der Waals surface area contributed by atoms with Crippen molar-refractivity contribution in [3.63, 3.8) is 0 Å². The van der Waals surface area contributed by atoms with Gasteiger partial charge >= 0.3 is 0 Å². The Morgan fingerprint density at radius 3 is 2.29 bits per heavy atom. The minimum absolute atomic E-state index is 0.0331. The summed E-state index contributed by atoms with van der Waals surface area (Å²) < 4.78 is 0. The minimum atomic E-state index is -0.247. The van der Waals surface area contributed by atoms with E-state index in [0.717, 1.165) is 23.1 Å². The SMILES string of the molecule is C=C(C)C(=O)Nc1ccc2nn(-c3cc(C(C)(C)CC(C)(C)C)cc(C(C)c4ccccc4)c3O)nc2c1. The maximum Gasteiger partial charge on any atom is 0.250 e. The van der Waals surface area contributed by atoms with Crippen molar-refractivity contribution in [2.45, 2.75) is 66.2 Å². The third kappa shape index (κ3) is 5.80. The van der Waals surface area contributed by atoms with Gasteiger partial charge < -0.3 is 10.4 Å². The van der Waals surface area contributed by atoms with Gasteiger partial charge in [-0.2, -0.15) is 0 Å². The number of aromatic nitrogens is 3. The Hall–Kier alpha value is -3.93. The summed E-state index contributed by atoms with van der Waals surface area (Å²) in [5, 5.41) is 23.8. The first-order chi connectivity index (χ1) is 17.7. The third-order valence-corrected chi connectivity index (χ3v) is 6.88. The van der Waals surface area contributed by atoms with E-state index in [1.54, 1.807) is 19.1 Å². The molecule has 0 aliphatic carbocycles. The van der Waals surface area contributed by atoms with Gasteiger partial charge in [-0.05, 0) is 59.6 Å². The molecular weight excluding hydrogens is 472 g/mol. The van der Waals surface area contributed by atoms with Crippen molar-refractivity contribution < 1.29 is 9.90 Å². The molecule has 0 saturated heterocycles. The number of aromatic hydroxyl groups is 1. The van der Waals surface area contributed by atoms with Crippen LogP contribution in [0.15, 0.2) is 72.8 Å². The van der Waals surface area contributed by atoms with Crippen molar-refractivity contribution in [3.8, 4) is 11.4 Å². The van der Waals surface area contributed by atoms with Crippen LogP contribution in [-0.4, -0.2) is 26.0 Å². The molecule has 6 heteroatoms. The fourth-order valence-corrected chi connectivity index (χ4v) is 5.20. The van der Waals surface area contributed by atoms with Crippen molar-refractivity contribution in [3.05, 3.63) is 89.5 Å². The fourth-order valence-electron chi connectivity index (χ4n) is 5.20. The van der Waals surface area contributed by atoms with Gasteiger partial charge in [0.05, 0.1) is 0 Å². The predicted octanol–water partition coefficient (Wildman–Crippen LogP) is 7.51. The Morgan fingerprint density at radius 2 is 1.66 bits per heavy atom. The molecule has 2 N–H and O–H groups in total. The van der Waals surface area contributed by atoms with Crippen LogP contribution in [0, 0.1) is 5.41 Å². The smallest absolute Gasteiger partial charge is 0.250 e. The van der Waals surface area contributed by atoms with E-state index >= 15 is 0 Å². The molecule has 198 valence electrons. The highest BCUT2D eigenvalue weighted by Crippen LogP contribution is 2.42. The number of phenolic OH excluding ortho intramolecular Hbond substituents is 1. The molecular formula is C32H38N4O2. The molecule has 0 aliphatic heterocycles. The van der Waals surface area contributed by atoms with Crippen molar-refractivity contribution in [1.29, 1.82) is 0 Å². The number of carbonyl (C=O) groups excluding carboxylic acids is 1. The van der Waals surface area contributed by atoms with Gasteiger partial charge in [0.1, 0.15) is 22.5 Å². The lowest BCUT2D eigenvalue weighted by Gasteiger charge is -2.34. The van der Waals surface area contributed by atoms with Gasteiger partial charge in [-0.3, -0.25) is 4.79 Å². The lowest BCUT2D eigenvalue weighted by molar-refractivity contribution is -0.112. The number of hydrogen-bond donors (Lipinski definition) is 2. The fraction of sp³-hybridized carbons (Fsp3) is 0.344. The number of fused-ring (bicyclic) bond motifs is 1. The molecule has 6 nitrogen and oxygen atoms in total. The number of hydrogen-bond acceptors (Lipinski definition) is 4. The summed E-state index contributed by atoms with van der Waals surface area (Å²) in [5.41, 5.74) is 5.88. The Labute approximate surface area is 225 Å². The summed E-state index contributed by atoms with van der Waals surface area (Å²) in [4.78, 5) is 13.6. The number of amides is 1. The molecule has 38 heavy (non-hydrogen) atoms. The second-order valence-electron chi connectivity index (χ2n) is 12.1. The van der Waals surface area contributed by atoms with E-state index in [0.29, 0.717) is 28.0 Å². The standard InChI is InChI=1S/C32H38N4O2/c1-20(2)30(38)33-24-14-15-26-27(18-24)35-36(34-26)28-17-23(32(7,8)19-31(4,5)6)16-25(29(28)37)21(3)22-12-10-9-11-13-22/h9-18,21,37H,1,19H2,2-8H3,(H,33,38). The number of rotatable bonds is 7. The molecule has 0 radical (unpaired) electrons. The molecule has 1 amide bonds. The van der Waals surface area contributed by atoms with E-state index in [-0.39, 0.29) is 28.4 Å². The van der Waals surface area contributed by atoms with Crippen LogP contribution in [-0.2, 0) is 10.2 Å². The predicted molar refractivity (Wildman–Crippen MR) is 155 cm³/mol. The molecule has 4 aromatic rings. The molecule has 1 unspecified atom stereocenters. The molecule has 0 aliphatic rings. The van der Waals surface area contributed by atoms with Gasteiger partial charge in [-0.15, -0.1) is 15.0 Å². The molecule has 4 rings (SSSR count). The quantitative estimate of drug-likeness (QED) is 0.252. The van der Waals surface area contributed by atoms with Crippen LogP contribution in [0.2, 0.25) is 0 Å². The zero-order chi connectivity index (χ0) is 27.8. The Balaban J connectivity index is 1.86. The van der Waals surface area contributed by atoms with Gasteiger partial charge in [0.25, 0.3) is 5.91 Å². The summed E-state index contributed by atoms with van der Waals surface area (Å²) in [5.74, 6) is -0.121. The number of phenols is 1. The Kier molecular flexibility index (Phi) is 7.20. The number of nitrogens with one attached hydrogen (secondary N) is 1. The second kappa shape index (κ2) is 10.1. The van der Waals surface area contributed by atoms with Gasteiger partial charge in [0.2, 0.25) is 0 Å². The van der Waals surface area contributed by atoms with Gasteiger partial charge in [-0.1, -0.05) is 84.5 Å². The first kappa shape index (κ1) is 27.1. The summed E-state index contributed by atoms with van der Waals surface area (Å²) >= 11 is 0. The first-order valence-corrected chi connectivity index (χ1v) is 13.0. The van der Waals surface area contributed by atoms with Crippen LogP contribution in [0.5, 0.6) is 5.75 Å². The van der Waals surface area contributed by atoms with Crippen LogP contribution >= 0.6 is 0 Å². The minimum Gasteiger partial charge on any atom is -0.505 e. The molecule has 3 aromatic carbocycles. The number of anilines is 1. The summed E-state index contributed by atoms with van der Waals surface area (Å²) in [6, 6.07) is 19.7. The summed E-state index contributed by atoms with van der Waals surface area (Å²) in [7, 11) is 0. The van der Waals surface area contributed by atoms with Crippen LogP contribution in [0.4, 0.5) is 5.69 Å². The number of nitrogens with zero attached hydrogens (tertiary/aromatic N) is 3. The summed E-state index contributed by atoms with van der Waals surface area (Å²) in [6.45, 7) is 18.7. The largest absolute Gasteiger partial charge is 0.505 e.